The highest BCUT2D eigenvalue weighted by Crippen LogP contribution is 2.32. The van der Waals surface area contributed by atoms with Crippen LogP contribution in [-0.4, -0.2) is 9.78 Å². The third-order valence-corrected chi connectivity index (χ3v) is 4.46. The van der Waals surface area contributed by atoms with Crippen molar-refractivity contribution >= 4 is 15.9 Å². The van der Waals surface area contributed by atoms with E-state index in [1.54, 1.807) is 0 Å². The van der Waals surface area contributed by atoms with Gasteiger partial charge in [0.15, 0.2) is 0 Å². The fourth-order valence-electron chi connectivity index (χ4n) is 2.84. The minimum absolute atomic E-state index is 0.118. The molecule has 1 fully saturated rings. The third kappa shape index (κ3) is 3.10. The molecule has 0 spiro atoms. The van der Waals surface area contributed by atoms with Crippen LogP contribution in [0.15, 0.2) is 10.7 Å². The number of rotatable bonds is 5. The lowest BCUT2D eigenvalue weighted by atomic mass is 9.97. The summed E-state index contributed by atoms with van der Waals surface area (Å²) in [6.07, 6.45) is 9.83. The van der Waals surface area contributed by atoms with Gasteiger partial charge in [-0.15, -0.1) is 0 Å². The quantitative estimate of drug-likeness (QED) is 0.902. The summed E-state index contributed by atoms with van der Waals surface area (Å²) in [5, 5.41) is 4.32. The largest absolute Gasteiger partial charge is 0.323 e. The summed E-state index contributed by atoms with van der Waals surface area (Å²) in [5.74, 6) is 0.915. The second kappa shape index (κ2) is 6.01. The van der Waals surface area contributed by atoms with Crippen LogP contribution in [0, 0.1) is 5.92 Å². The van der Waals surface area contributed by atoms with Crippen molar-refractivity contribution < 1.29 is 0 Å². The molecule has 0 aromatic carbocycles. The zero-order valence-corrected chi connectivity index (χ0v) is 12.1. The van der Waals surface area contributed by atoms with E-state index < -0.39 is 0 Å². The Balaban J connectivity index is 1.93. The van der Waals surface area contributed by atoms with Crippen molar-refractivity contribution in [2.24, 2.45) is 11.7 Å². The van der Waals surface area contributed by atoms with Gasteiger partial charge < -0.3 is 5.73 Å². The maximum atomic E-state index is 6.30. The lowest BCUT2D eigenvalue weighted by Crippen LogP contribution is -2.17. The Labute approximate surface area is 112 Å². The molecule has 1 aromatic rings. The van der Waals surface area contributed by atoms with Gasteiger partial charge in [-0.1, -0.05) is 25.7 Å². The zero-order chi connectivity index (χ0) is 12.3. The van der Waals surface area contributed by atoms with Crippen LogP contribution < -0.4 is 5.73 Å². The van der Waals surface area contributed by atoms with Crippen molar-refractivity contribution in [3.05, 3.63) is 16.4 Å². The first kappa shape index (κ1) is 13.1. The molecule has 17 heavy (non-hydrogen) atoms. The summed E-state index contributed by atoms with van der Waals surface area (Å²) in [4.78, 5) is 0. The smallest absolute Gasteiger partial charge is 0.0693 e. The van der Waals surface area contributed by atoms with Gasteiger partial charge in [0.1, 0.15) is 0 Å². The molecule has 2 N–H and O–H groups in total. The van der Waals surface area contributed by atoms with Gasteiger partial charge in [0.05, 0.1) is 16.4 Å². The van der Waals surface area contributed by atoms with Gasteiger partial charge in [0.25, 0.3) is 0 Å². The minimum Gasteiger partial charge on any atom is -0.323 e. The molecule has 3 nitrogen and oxygen atoms in total. The van der Waals surface area contributed by atoms with E-state index in [2.05, 4.69) is 28.0 Å². The molecule has 1 heterocycles. The molecule has 1 atom stereocenters. The van der Waals surface area contributed by atoms with Crippen LogP contribution in [0.2, 0.25) is 0 Å². The van der Waals surface area contributed by atoms with Gasteiger partial charge in [-0.05, 0) is 41.6 Å². The first-order chi connectivity index (χ1) is 8.22. The van der Waals surface area contributed by atoms with E-state index in [4.69, 9.17) is 5.73 Å². The first-order valence-electron chi connectivity index (χ1n) is 6.69. The first-order valence-corrected chi connectivity index (χ1v) is 7.48. The Kier molecular flexibility index (Phi) is 4.62. The Morgan fingerprint density at radius 3 is 2.88 bits per heavy atom. The Morgan fingerprint density at radius 2 is 2.24 bits per heavy atom. The topological polar surface area (TPSA) is 43.8 Å². The molecule has 0 radical (unpaired) electrons. The van der Waals surface area contributed by atoms with Crippen LogP contribution in [0.5, 0.6) is 0 Å². The fraction of sp³-hybridized carbons (Fsp3) is 0.769. The van der Waals surface area contributed by atoms with Crippen molar-refractivity contribution in [3.63, 3.8) is 0 Å². The lowest BCUT2D eigenvalue weighted by Gasteiger charge is -2.16. The van der Waals surface area contributed by atoms with Crippen molar-refractivity contribution in [2.75, 3.05) is 0 Å². The molecular weight excluding hydrogens is 278 g/mol. The highest BCUT2D eigenvalue weighted by atomic mass is 79.9. The average Bonchev–Trinajstić information content (AvgIpc) is 2.94. The highest BCUT2D eigenvalue weighted by Gasteiger charge is 2.19. The Hall–Kier alpha value is -0.350. The maximum absolute atomic E-state index is 6.30. The number of halogens is 1. The van der Waals surface area contributed by atoms with Crippen LogP contribution in [0.1, 0.15) is 57.2 Å². The van der Waals surface area contributed by atoms with Crippen molar-refractivity contribution in [2.45, 2.75) is 58.0 Å². The second-order valence-electron chi connectivity index (χ2n) is 5.03. The molecule has 1 aromatic heterocycles. The van der Waals surface area contributed by atoms with E-state index in [9.17, 15) is 0 Å². The van der Waals surface area contributed by atoms with Crippen LogP contribution in [0.3, 0.4) is 0 Å². The van der Waals surface area contributed by atoms with Crippen LogP contribution in [-0.2, 0) is 6.54 Å². The number of hydrogen-bond acceptors (Lipinski definition) is 2. The molecule has 0 bridgehead atoms. The SMILES string of the molecule is CCn1ncc(Br)c1C(N)CCC1CCCC1. The molecule has 1 aliphatic carbocycles. The zero-order valence-electron chi connectivity index (χ0n) is 10.5. The van der Waals surface area contributed by atoms with E-state index >= 15 is 0 Å². The van der Waals surface area contributed by atoms with E-state index in [0.717, 1.165) is 29.1 Å². The third-order valence-electron chi connectivity index (χ3n) is 3.84. The van der Waals surface area contributed by atoms with E-state index in [1.807, 2.05) is 10.9 Å². The number of aromatic nitrogens is 2. The van der Waals surface area contributed by atoms with E-state index in [-0.39, 0.29) is 6.04 Å². The van der Waals surface area contributed by atoms with Crippen LogP contribution >= 0.6 is 15.9 Å². The molecule has 4 heteroatoms. The van der Waals surface area contributed by atoms with Gasteiger partial charge in [-0.2, -0.15) is 5.10 Å². The Morgan fingerprint density at radius 1 is 1.53 bits per heavy atom. The fourth-order valence-corrected chi connectivity index (χ4v) is 3.43. The monoisotopic (exact) mass is 299 g/mol. The highest BCUT2D eigenvalue weighted by molar-refractivity contribution is 9.10. The number of hydrogen-bond donors (Lipinski definition) is 1. The molecule has 0 aliphatic heterocycles. The Bertz CT molecular complexity index is 356. The average molecular weight is 300 g/mol. The van der Waals surface area contributed by atoms with E-state index in [0.29, 0.717) is 0 Å². The van der Waals surface area contributed by atoms with Crippen molar-refractivity contribution in [1.29, 1.82) is 0 Å². The van der Waals surface area contributed by atoms with Gasteiger partial charge in [-0.3, -0.25) is 4.68 Å². The number of nitrogens with zero attached hydrogens (tertiary/aromatic N) is 2. The van der Waals surface area contributed by atoms with Gasteiger partial charge in [0, 0.05) is 12.6 Å². The number of nitrogens with two attached hydrogens (primary N) is 1. The normalized spacial score (nSPS) is 18.8. The summed E-state index contributed by atoms with van der Waals surface area (Å²) in [5.41, 5.74) is 7.46. The summed E-state index contributed by atoms with van der Waals surface area (Å²) < 4.78 is 3.06. The van der Waals surface area contributed by atoms with Gasteiger partial charge >= 0.3 is 0 Å². The molecule has 0 amide bonds. The molecule has 0 saturated heterocycles. The number of aryl methyl sites for hydroxylation is 1. The summed E-state index contributed by atoms with van der Waals surface area (Å²) >= 11 is 3.55. The van der Waals surface area contributed by atoms with Crippen LogP contribution in [0.4, 0.5) is 0 Å². The maximum Gasteiger partial charge on any atom is 0.0693 e. The lowest BCUT2D eigenvalue weighted by molar-refractivity contribution is 0.439. The predicted octanol–water partition coefficient (Wildman–Crippen LogP) is 3.64. The standard InChI is InChI=1S/C13H22BrN3/c1-2-17-13(11(14)9-16-17)12(15)8-7-10-5-3-4-6-10/h9-10,12H,2-8,15H2,1H3. The molecule has 1 unspecified atom stereocenters. The molecular formula is C13H22BrN3. The van der Waals surface area contributed by atoms with Crippen molar-refractivity contribution in [3.8, 4) is 0 Å². The molecule has 2 rings (SSSR count). The van der Waals surface area contributed by atoms with Gasteiger partial charge in [0.2, 0.25) is 0 Å². The summed E-state index contributed by atoms with van der Waals surface area (Å²) in [7, 11) is 0. The minimum atomic E-state index is 0.118. The van der Waals surface area contributed by atoms with Crippen molar-refractivity contribution in [1.82, 2.24) is 9.78 Å². The van der Waals surface area contributed by atoms with Crippen LogP contribution in [0.25, 0.3) is 0 Å². The summed E-state index contributed by atoms with van der Waals surface area (Å²) in [6, 6.07) is 0.118. The van der Waals surface area contributed by atoms with E-state index in [1.165, 1.54) is 32.1 Å². The molecule has 1 aliphatic rings. The molecule has 1 saturated carbocycles. The second-order valence-corrected chi connectivity index (χ2v) is 5.88. The molecule has 96 valence electrons. The van der Waals surface area contributed by atoms with Gasteiger partial charge in [-0.25, -0.2) is 0 Å². The predicted molar refractivity (Wildman–Crippen MR) is 73.7 cm³/mol. The summed E-state index contributed by atoms with van der Waals surface area (Å²) in [6.45, 7) is 2.99.